The van der Waals surface area contributed by atoms with E-state index in [0.29, 0.717) is 0 Å². The Hall–Kier alpha value is -5.58. The van der Waals surface area contributed by atoms with Crippen LogP contribution in [0.25, 0.3) is 66.1 Å². The van der Waals surface area contributed by atoms with E-state index in [9.17, 15) is 0 Å². The smallest absolute Gasteiger partial charge is 0.252 e. The van der Waals surface area contributed by atoms with E-state index in [1.165, 1.54) is 116 Å². The summed E-state index contributed by atoms with van der Waals surface area (Å²) in [4.78, 5) is 0. The molecule has 1 spiro atoms. The van der Waals surface area contributed by atoms with Crippen LogP contribution in [0.3, 0.4) is 0 Å². The number of hydrogen-bond acceptors (Lipinski definition) is 0. The fraction of sp³-hybridized carbons (Fsp3) is 0.364. The summed E-state index contributed by atoms with van der Waals surface area (Å²) >= 11 is 0. The molecular weight excluding hydrogens is 860 g/mol. The first kappa shape index (κ1) is 44.4. The zero-order valence-corrected chi connectivity index (χ0v) is 46.3. The Morgan fingerprint density at radius 1 is 0.371 bits per heavy atom. The number of rotatable bonds is 0. The molecule has 0 N–H and O–H groups in total. The summed E-state index contributed by atoms with van der Waals surface area (Å²) in [6.07, 6.45) is 0. The number of aromatic nitrogens is 2. The van der Waals surface area contributed by atoms with Crippen LogP contribution >= 0.6 is 0 Å². The highest BCUT2D eigenvalue weighted by molar-refractivity contribution is 7.24. The summed E-state index contributed by atoms with van der Waals surface area (Å²) in [6, 6.07) is 43.7. The third-order valence-corrected chi connectivity index (χ3v) is 22.4. The molecule has 0 aliphatic carbocycles. The van der Waals surface area contributed by atoms with Crippen LogP contribution in [0.15, 0.2) is 103 Å². The maximum absolute atomic E-state index is 3.10. The van der Waals surface area contributed by atoms with Crippen molar-refractivity contribution in [1.29, 1.82) is 0 Å². The van der Waals surface area contributed by atoms with Gasteiger partial charge in [0.2, 0.25) is 0 Å². The fourth-order valence-electron chi connectivity index (χ4n) is 13.7. The lowest BCUT2D eigenvalue weighted by molar-refractivity contribution is 0.590. The second-order valence-corrected chi connectivity index (χ2v) is 32.0. The minimum Gasteiger partial charge on any atom is -0.310 e. The summed E-state index contributed by atoms with van der Waals surface area (Å²) in [5.41, 5.74) is 23.9. The third kappa shape index (κ3) is 5.47. The lowest BCUT2D eigenvalue weighted by atomic mass is 9.34. The normalized spacial score (nSPS) is 15.7. The largest absolute Gasteiger partial charge is 0.310 e. The molecule has 13 rings (SSSR count). The Morgan fingerprint density at radius 2 is 0.871 bits per heavy atom. The molecule has 0 saturated carbocycles. The van der Waals surface area contributed by atoms with Crippen molar-refractivity contribution < 1.29 is 0 Å². The molecule has 0 atom stereocenters. The van der Waals surface area contributed by atoms with Gasteiger partial charge in [-0.2, -0.15) is 0 Å². The van der Waals surface area contributed by atoms with E-state index in [2.05, 4.69) is 237 Å². The van der Waals surface area contributed by atoms with Gasteiger partial charge < -0.3 is 9.13 Å². The molecule has 70 heavy (non-hydrogen) atoms. The van der Waals surface area contributed by atoms with Crippen molar-refractivity contribution in [3.63, 3.8) is 0 Å². The average molecular weight is 931 g/mol. The Balaban J connectivity index is 1.31. The third-order valence-electron chi connectivity index (χ3n) is 17.6. The maximum Gasteiger partial charge on any atom is 0.252 e. The maximum atomic E-state index is 2.84. The van der Waals surface area contributed by atoms with Crippen LogP contribution < -0.4 is 37.1 Å². The van der Waals surface area contributed by atoms with E-state index in [0.717, 1.165) is 0 Å². The molecule has 4 aliphatic heterocycles. The molecule has 7 aromatic carbocycles. The predicted molar refractivity (Wildman–Crippen MR) is 308 cm³/mol. The van der Waals surface area contributed by atoms with Crippen LogP contribution in [-0.2, 0) is 32.5 Å². The van der Waals surface area contributed by atoms with Gasteiger partial charge in [0.05, 0.1) is 11.0 Å². The molecule has 2 nitrogen and oxygen atoms in total. The molecule has 352 valence electrons. The molecule has 6 heterocycles. The molecule has 2 aromatic heterocycles. The molecule has 4 aliphatic rings. The molecule has 0 saturated heterocycles. The highest BCUT2D eigenvalue weighted by Gasteiger charge is 2.57. The van der Waals surface area contributed by atoms with Gasteiger partial charge >= 0.3 is 0 Å². The van der Waals surface area contributed by atoms with Crippen molar-refractivity contribution in [1.82, 2.24) is 9.13 Å². The van der Waals surface area contributed by atoms with Crippen LogP contribution in [0, 0.1) is 0 Å². The minimum atomic E-state index is -3.10. The number of hydrogen-bond donors (Lipinski definition) is 0. The molecule has 0 bridgehead atoms. The van der Waals surface area contributed by atoms with Gasteiger partial charge in [-0.25, -0.2) is 0 Å². The van der Waals surface area contributed by atoms with E-state index in [1.54, 1.807) is 20.7 Å². The molecule has 0 unspecified atom stereocenters. The van der Waals surface area contributed by atoms with Gasteiger partial charge in [-0.15, -0.1) is 0 Å². The van der Waals surface area contributed by atoms with Crippen molar-refractivity contribution in [2.45, 2.75) is 157 Å². The van der Waals surface area contributed by atoms with Gasteiger partial charge in [0, 0.05) is 44.0 Å². The fourth-order valence-corrected chi connectivity index (χ4v) is 19.4. The molecule has 0 amide bonds. The van der Waals surface area contributed by atoms with Gasteiger partial charge in [-0.05, 0) is 144 Å². The van der Waals surface area contributed by atoms with E-state index < -0.39 is 8.07 Å². The van der Waals surface area contributed by atoms with Crippen LogP contribution in [0.1, 0.15) is 158 Å². The lowest BCUT2D eigenvalue weighted by Crippen LogP contribution is -2.77. The summed E-state index contributed by atoms with van der Waals surface area (Å²) < 4.78 is 5.56. The number of nitrogens with zero attached hydrogens (tertiary/aromatic N) is 2. The van der Waals surface area contributed by atoms with Crippen LogP contribution in [0.4, 0.5) is 0 Å². The number of benzene rings is 7. The van der Waals surface area contributed by atoms with E-state index in [4.69, 9.17) is 0 Å². The Kier molecular flexibility index (Phi) is 8.29. The number of fused-ring (bicyclic) bond motifs is 14. The molecule has 4 heteroatoms. The first-order chi connectivity index (χ1) is 32.5. The quantitative estimate of drug-likeness (QED) is 0.134. The van der Waals surface area contributed by atoms with Crippen molar-refractivity contribution in [2.75, 3.05) is 0 Å². The van der Waals surface area contributed by atoms with Crippen LogP contribution in [0.5, 0.6) is 0 Å². The van der Waals surface area contributed by atoms with E-state index >= 15 is 0 Å². The van der Waals surface area contributed by atoms with Crippen molar-refractivity contribution in [3.8, 4) is 22.5 Å². The standard InChI is InChI=1S/C66H71BN2Si/c1-61(2,3)36-21-26-49-45(29-36)55-46(66(16,17)18)24-25-47-59(55)68(49)50-27-28-51-60-56(50)67(47)48-32-39(64(10,11)12)30-43-44-31-40(65(13,14)15)35-54(58(44)69(60)57(43)48)70(51)52-33-37(62(4,5)6)19-22-41(52)42-23-20-38(34-53(42)70)63(7,8)9/h19-35H,1-18H3. The summed E-state index contributed by atoms with van der Waals surface area (Å²) in [7, 11) is -3.10. The molecule has 9 aromatic rings. The van der Waals surface area contributed by atoms with Gasteiger partial charge in [-0.3, -0.25) is 0 Å². The van der Waals surface area contributed by atoms with Gasteiger partial charge in [-0.1, -0.05) is 197 Å². The zero-order chi connectivity index (χ0) is 49.7. The van der Waals surface area contributed by atoms with Gasteiger partial charge in [0.25, 0.3) is 6.71 Å². The Bertz CT molecular complexity index is 3820. The SMILES string of the molecule is CC(C)(C)c1ccc2c(c1)[Si]1(c3cc(C(C)(C)C)ccc3-2)c2ccc3c4c2-n2c5c(cc(C(C)(C)C)cc5c5cc(C(C)(C)C)cc1c52)B4c1ccc(C(C)(C)C)c2c4cc(C(C)(C)C)ccc4n-3c12. The first-order valence-electron chi connectivity index (χ1n) is 26.3. The lowest BCUT2D eigenvalue weighted by Gasteiger charge is -2.43. The molecule has 0 radical (unpaired) electrons. The van der Waals surface area contributed by atoms with Crippen molar-refractivity contribution in [3.05, 3.63) is 137 Å². The second kappa shape index (κ2) is 13.1. The van der Waals surface area contributed by atoms with Crippen molar-refractivity contribution in [2.24, 2.45) is 0 Å². The Labute approximate surface area is 418 Å². The first-order valence-corrected chi connectivity index (χ1v) is 28.3. The van der Waals surface area contributed by atoms with Crippen molar-refractivity contribution >= 4 is 95.5 Å². The molecular formula is C66H71BN2Si. The highest BCUT2D eigenvalue weighted by Crippen LogP contribution is 2.47. The minimum absolute atomic E-state index is 0.0150. The van der Waals surface area contributed by atoms with Crippen LogP contribution in [0.2, 0.25) is 0 Å². The van der Waals surface area contributed by atoms with Crippen LogP contribution in [-0.4, -0.2) is 23.9 Å². The predicted octanol–water partition coefficient (Wildman–Crippen LogP) is 12.5. The summed E-state index contributed by atoms with van der Waals surface area (Å²) in [5, 5.41) is 11.9. The monoisotopic (exact) mass is 931 g/mol. The second-order valence-electron chi connectivity index (χ2n) is 28.3. The summed E-state index contributed by atoms with van der Waals surface area (Å²) in [6.45, 7) is 43.3. The zero-order valence-electron chi connectivity index (χ0n) is 45.3. The van der Waals surface area contributed by atoms with E-state index in [1.807, 2.05) is 0 Å². The van der Waals surface area contributed by atoms with E-state index in [-0.39, 0.29) is 39.2 Å². The van der Waals surface area contributed by atoms with Gasteiger partial charge in [0.15, 0.2) is 8.07 Å². The highest BCUT2D eigenvalue weighted by atomic mass is 28.3. The summed E-state index contributed by atoms with van der Waals surface area (Å²) in [5.74, 6) is 0. The average Bonchev–Trinajstić information content (AvgIpc) is 3.88. The topological polar surface area (TPSA) is 9.86 Å². The van der Waals surface area contributed by atoms with Gasteiger partial charge in [0.1, 0.15) is 0 Å². The molecule has 0 fully saturated rings. The Morgan fingerprint density at radius 3 is 1.43 bits per heavy atom.